The predicted octanol–water partition coefficient (Wildman–Crippen LogP) is 2.57. The van der Waals surface area contributed by atoms with Crippen LogP contribution in [0.25, 0.3) is 0 Å². The minimum Gasteiger partial charge on any atom is -0.332 e. The minimum absolute atomic E-state index is 0.0422. The highest BCUT2D eigenvalue weighted by atomic mass is 35.5. The average molecular weight is 272 g/mol. The third kappa shape index (κ3) is 7.61. The Morgan fingerprint density at radius 2 is 1.56 bits per heavy atom. The fraction of sp³-hybridized carbons (Fsp3) is 0.857. The van der Waals surface area contributed by atoms with Crippen LogP contribution in [0.1, 0.15) is 6.42 Å². The number of carbonyl (C=O) groups excluding carboxylic acids is 1. The molecular weight excluding hydrogens is 264 g/mol. The van der Waals surface area contributed by atoms with E-state index >= 15 is 0 Å². The molecule has 0 unspecified atom stereocenters. The molecule has 9 heteroatoms. The van der Waals surface area contributed by atoms with Gasteiger partial charge in [-0.15, -0.1) is 11.6 Å². The highest BCUT2D eigenvalue weighted by Crippen LogP contribution is 2.23. The van der Waals surface area contributed by atoms with Gasteiger partial charge in [0.15, 0.2) is 0 Å². The standard InChI is InChI=1S/C7H8ClF6NO/c8-1-2-15(4-7(12,13)14)5(16)3-6(9,10)11/h1-4H2. The van der Waals surface area contributed by atoms with Crippen molar-refractivity contribution in [2.24, 2.45) is 0 Å². The third-order valence-electron chi connectivity index (χ3n) is 1.43. The van der Waals surface area contributed by atoms with Crippen LogP contribution in [0, 0.1) is 0 Å². The van der Waals surface area contributed by atoms with Gasteiger partial charge in [-0.2, -0.15) is 26.3 Å². The van der Waals surface area contributed by atoms with E-state index in [9.17, 15) is 31.1 Å². The fourth-order valence-electron chi connectivity index (χ4n) is 0.894. The molecule has 0 saturated heterocycles. The first-order valence-electron chi connectivity index (χ1n) is 4.02. The molecule has 0 spiro atoms. The van der Waals surface area contributed by atoms with Gasteiger partial charge in [0.2, 0.25) is 5.91 Å². The molecule has 2 nitrogen and oxygen atoms in total. The van der Waals surface area contributed by atoms with E-state index in [1.165, 1.54) is 0 Å². The van der Waals surface area contributed by atoms with Crippen molar-refractivity contribution in [2.45, 2.75) is 18.8 Å². The Kier molecular flexibility index (Phi) is 5.37. The first-order chi connectivity index (χ1) is 7.05. The van der Waals surface area contributed by atoms with Crippen LogP contribution < -0.4 is 0 Å². The highest BCUT2D eigenvalue weighted by Gasteiger charge is 2.37. The van der Waals surface area contributed by atoms with Crippen LogP contribution >= 0.6 is 11.6 Å². The maximum absolute atomic E-state index is 11.9. The van der Waals surface area contributed by atoms with Gasteiger partial charge in [0, 0.05) is 12.4 Å². The Hall–Kier alpha value is -0.660. The lowest BCUT2D eigenvalue weighted by molar-refractivity contribution is -0.176. The van der Waals surface area contributed by atoms with Gasteiger partial charge in [0.1, 0.15) is 13.0 Å². The summed E-state index contributed by atoms with van der Waals surface area (Å²) in [6.45, 7) is -2.30. The smallest absolute Gasteiger partial charge is 0.332 e. The topological polar surface area (TPSA) is 20.3 Å². The van der Waals surface area contributed by atoms with Crippen LogP contribution in [-0.4, -0.2) is 42.1 Å². The maximum Gasteiger partial charge on any atom is 0.406 e. The fourth-order valence-corrected chi connectivity index (χ4v) is 1.10. The van der Waals surface area contributed by atoms with Crippen LogP contribution in [-0.2, 0) is 4.79 Å². The minimum atomic E-state index is -4.83. The van der Waals surface area contributed by atoms with Gasteiger partial charge in [-0.1, -0.05) is 0 Å². The van der Waals surface area contributed by atoms with E-state index in [1.54, 1.807) is 0 Å². The Bertz CT molecular complexity index is 238. The SMILES string of the molecule is O=C(CC(F)(F)F)N(CCCl)CC(F)(F)F. The summed E-state index contributed by atoms with van der Waals surface area (Å²) in [5, 5.41) is 0. The van der Waals surface area contributed by atoms with E-state index < -0.39 is 37.8 Å². The van der Waals surface area contributed by atoms with Gasteiger partial charge in [0.25, 0.3) is 0 Å². The van der Waals surface area contributed by atoms with Crippen molar-refractivity contribution >= 4 is 17.5 Å². The van der Waals surface area contributed by atoms with Crippen LogP contribution in [0.4, 0.5) is 26.3 Å². The number of halogens is 7. The summed E-state index contributed by atoms with van der Waals surface area (Å²) in [7, 11) is 0. The summed E-state index contributed by atoms with van der Waals surface area (Å²) in [5.41, 5.74) is 0. The van der Waals surface area contributed by atoms with E-state index in [2.05, 4.69) is 0 Å². The zero-order valence-electron chi connectivity index (χ0n) is 7.83. The molecule has 0 aliphatic carbocycles. The summed E-state index contributed by atoms with van der Waals surface area (Å²) in [5.74, 6) is -2.00. The zero-order valence-corrected chi connectivity index (χ0v) is 8.59. The first-order valence-corrected chi connectivity index (χ1v) is 4.56. The van der Waals surface area contributed by atoms with E-state index in [4.69, 9.17) is 11.6 Å². The van der Waals surface area contributed by atoms with Crippen molar-refractivity contribution < 1.29 is 31.1 Å². The van der Waals surface area contributed by atoms with E-state index in [0.29, 0.717) is 0 Å². The first kappa shape index (κ1) is 15.3. The molecule has 0 atom stereocenters. The van der Waals surface area contributed by atoms with Crippen molar-refractivity contribution in [3.05, 3.63) is 0 Å². The quantitative estimate of drug-likeness (QED) is 0.568. The second-order valence-electron chi connectivity index (χ2n) is 2.91. The number of nitrogens with zero attached hydrogens (tertiary/aromatic N) is 1. The van der Waals surface area contributed by atoms with Gasteiger partial charge < -0.3 is 4.90 Å². The normalized spacial score (nSPS) is 12.7. The number of rotatable bonds is 4. The molecule has 0 heterocycles. The summed E-state index contributed by atoms with van der Waals surface area (Å²) in [6, 6.07) is 0. The lowest BCUT2D eigenvalue weighted by Crippen LogP contribution is -2.41. The van der Waals surface area contributed by atoms with Crippen molar-refractivity contribution in [1.29, 1.82) is 0 Å². The Labute approximate surface area is 92.1 Å². The van der Waals surface area contributed by atoms with Crippen molar-refractivity contribution in [1.82, 2.24) is 4.90 Å². The van der Waals surface area contributed by atoms with Gasteiger partial charge in [-0.05, 0) is 0 Å². The zero-order chi connectivity index (χ0) is 13.0. The summed E-state index contributed by atoms with van der Waals surface area (Å²) >= 11 is 5.10. The lowest BCUT2D eigenvalue weighted by atomic mass is 10.3. The largest absolute Gasteiger partial charge is 0.406 e. The molecule has 1 amide bonds. The Balaban J connectivity index is 4.47. The molecule has 0 aliphatic heterocycles. The van der Waals surface area contributed by atoms with Gasteiger partial charge >= 0.3 is 12.4 Å². The molecule has 0 aromatic rings. The average Bonchev–Trinajstić information content (AvgIpc) is 1.97. The summed E-state index contributed by atoms with van der Waals surface area (Å²) in [4.78, 5) is 10.9. The third-order valence-corrected chi connectivity index (χ3v) is 1.60. The molecule has 0 aliphatic rings. The molecule has 0 saturated carbocycles. The number of carbonyl (C=O) groups is 1. The number of hydrogen-bond donors (Lipinski definition) is 0. The number of amides is 1. The molecule has 0 rings (SSSR count). The number of hydrogen-bond acceptors (Lipinski definition) is 1. The second kappa shape index (κ2) is 5.60. The lowest BCUT2D eigenvalue weighted by Gasteiger charge is -2.23. The maximum atomic E-state index is 11.9. The molecule has 0 radical (unpaired) electrons. The highest BCUT2D eigenvalue weighted by molar-refractivity contribution is 6.18. The van der Waals surface area contributed by atoms with Gasteiger partial charge in [0.05, 0.1) is 0 Å². The molecule has 0 aromatic carbocycles. The van der Waals surface area contributed by atoms with Gasteiger partial charge in [-0.3, -0.25) is 4.79 Å². The van der Waals surface area contributed by atoms with Crippen LogP contribution in [0.15, 0.2) is 0 Å². The molecule has 96 valence electrons. The summed E-state index contributed by atoms with van der Waals surface area (Å²) in [6.07, 6.45) is -11.5. The monoisotopic (exact) mass is 271 g/mol. The van der Waals surface area contributed by atoms with E-state index in [1.807, 2.05) is 0 Å². The van der Waals surface area contributed by atoms with Crippen molar-refractivity contribution in [3.63, 3.8) is 0 Å². The predicted molar refractivity (Wildman–Crippen MR) is 44.0 cm³/mol. The molecular formula is C7H8ClF6NO. The molecule has 0 N–H and O–H groups in total. The van der Waals surface area contributed by atoms with Crippen molar-refractivity contribution in [2.75, 3.05) is 19.0 Å². The van der Waals surface area contributed by atoms with Crippen LogP contribution in [0.3, 0.4) is 0 Å². The Morgan fingerprint density at radius 3 is 1.88 bits per heavy atom. The van der Waals surface area contributed by atoms with E-state index in [0.717, 1.165) is 0 Å². The second-order valence-corrected chi connectivity index (χ2v) is 3.29. The Morgan fingerprint density at radius 1 is 1.06 bits per heavy atom. The molecule has 16 heavy (non-hydrogen) atoms. The van der Waals surface area contributed by atoms with Crippen LogP contribution in [0.5, 0.6) is 0 Å². The van der Waals surface area contributed by atoms with Gasteiger partial charge in [-0.25, -0.2) is 0 Å². The van der Waals surface area contributed by atoms with E-state index in [-0.39, 0.29) is 10.8 Å². The molecule has 0 aromatic heterocycles. The molecule has 0 bridgehead atoms. The summed E-state index contributed by atoms with van der Waals surface area (Å²) < 4.78 is 71.0. The van der Waals surface area contributed by atoms with Crippen molar-refractivity contribution in [3.8, 4) is 0 Å². The molecule has 0 fully saturated rings. The van der Waals surface area contributed by atoms with Crippen LogP contribution in [0.2, 0.25) is 0 Å². The number of alkyl halides is 7.